The third-order valence-corrected chi connectivity index (χ3v) is 5.07. The van der Waals surface area contributed by atoms with Crippen LogP contribution < -0.4 is 9.47 Å². The van der Waals surface area contributed by atoms with Crippen molar-refractivity contribution in [1.82, 2.24) is 15.0 Å². The van der Waals surface area contributed by atoms with Crippen molar-refractivity contribution in [2.24, 2.45) is 0 Å². The van der Waals surface area contributed by atoms with E-state index in [1.54, 1.807) is 14.2 Å². The first kappa shape index (κ1) is 20.2. The normalized spacial score (nSPS) is 14.4. The summed E-state index contributed by atoms with van der Waals surface area (Å²) >= 11 is 0. The van der Waals surface area contributed by atoms with E-state index in [2.05, 4.69) is 15.0 Å². The zero-order valence-electron chi connectivity index (χ0n) is 16.5. The van der Waals surface area contributed by atoms with Gasteiger partial charge in [-0.15, -0.1) is 0 Å². The van der Waals surface area contributed by atoms with Crippen LogP contribution in [0, 0.1) is 0 Å². The summed E-state index contributed by atoms with van der Waals surface area (Å²) in [5.74, 6) is 1.86. The molecule has 0 atom stereocenters. The molecule has 3 aromatic rings. The number of alkyl halides is 3. The highest BCUT2D eigenvalue weighted by Crippen LogP contribution is 2.34. The van der Waals surface area contributed by atoms with Crippen LogP contribution in [0.2, 0.25) is 0 Å². The van der Waals surface area contributed by atoms with E-state index in [0.717, 1.165) is 30.7 Å². The highest BCUT2D eigenvalue weighted by atomic mass is 19.4. The summed E-state index contributed by atoms with van der Waals surface area (Å²) in [5.41, 5.74) is 1.83. The molecule has 9 heteroatoms. The topological polar surface area (TPSA) is 60.6 Å². The molecule has 0 spiro atoms. The van der Waals surface area contributed by atoms with Crippen LogP contribution in [-0.4, -0.2) is 35.8 Å². The zero-order chi connectivity index (χ0) is 21.3. The Morgan fingerprint density at radius 2 is 1.80 bits per heavy atom. The summed E-state index contributed by atoms with van der Waals surface area (Å²) in [6.07, 6.45) is -3.60. The minimum atomic E-state index is -4.42. The first-order valence-corrected chi connectivity index (χ1v) is 9.33. The third kappa shape index (κ3) is 4.11. The second-order valence-electron chi connectivity index (χ2n) is 7.03. The van der Waals surface area contributed by atoms with Crippen LogP contribution in [0.25, 0.3) is 11.4 Å². The lowest BCUT2D eigenvalue weighted by Gasteiger charge is -2.28. The summed E-state index contributed by atoms with van der Waals surface area (Å²) in [5, 5.41) is 3.85. The van der Waals surface area contributed by atoms with Gasteiger partial charge in [0.1, 0.15) is 0 Å². The Hall–Kier alpha value is -3.07. The van der Waals surface area contributed by atoms with Gasteiger partial charge in [-0.05, 0) is 41.8 Å². The highest BCUT2D eigenvalue weighted by molar-refractivity contribution is 5.55. The van der Waals surface area contributed by atoms with Crippen molar-refractivity contribution in [1.29, 1.82) is 0 Å². The van der Waals surface area contributed by atoms with Crippen molar-refractivity contribution in [3.05, 3.63) is 59.0 Å². The molecule has 0 bridgehead atoms. The summed E-state index contributed by atoms with van der Waals surface area (Å²) in [4.78, 5) is 6.42. The van der Waals surface area contributed by atoms with Gasteiger partial charge in [-0.3, -0.25) is 4.90 Å². The van der Waals surface area contributed by atoms with E-state index in [-0.39, 0.29) is 11.4 Å². The molecule has 0 saturated carbocycles. The van der Waals surface area contributed by atoms with Crippen LogP contribution in [0.5, 0.6) is 11.5 Å². The van der Waals surface area contributed by atoms with Crippen molar-refractivity contribution in [3.8, 4) is 22.9 Å². The molecule has 158 valence electrons. The summed E-state index contributed by atoms with van der Waals surface area (Å²) < 4.78 is 54.8. The van der Waals surface area contributed by atoms with Gasteiger partial charge in [0.05, 0.1) is 26.3 Å². The highest BCUT2D eigenvalue weighted by Gasteiger charge is 2.31. The van der Waals surface area contributed by atoms with E-state index < -0.39 is 11.7 Å². The predicted molar refractivity (Wildman–Crippen MR) is 102 cm³/mol. The second kappa shape index (κ2) is 7.98. The molecule has 0 unspecified atom stereocenters. The SMILES string of the molecule is COc1cc2c(cc1OC)CN(Cc1nc(-c3cccc(C(F)(F)F)c3)no1)CC2. The molecular weight excluding hydrogens is 399 g/mol. The lowest BCUT2D eigenvalue weighted by molar-refractivity contribution is -0.137. The largest absolute Gasteiger partial charge is 0.493 e. The quantitative estimate of drug-likeness (QED) is 0.614. The predicted octanol–water partition coefficient (Wildman–Crippen LogP) is 4.33. The minimum absolute atomic E-state index is 0.139. The molecule has 4 rings (SSSR count). The van der Waals surface area contributed by atoms with Crippen LogP contribution in [0.4, 0.5) is 13.2 Å². The summed E-state index contributed by atoms with van der Waals surface area (Å²) in [6, 6.07) is 8.84. The second-order valence-corrected chi connectivity index (χ2v) is 7.03. The molecular formula is C21H20F3N3O3. The van der Waals surface area contributed by atoms with Crippen molar-refractivity contribution in [3.63, 3.8) is 0 Å². The maximum atomic E-state index is 12.9. The maximum Gasteiger partial charge on any atom is 0.416 e. The van der Waals surface area contributed by atoms with Crippen LogP contribution in [-0.2, 0) is 25.7 Å². The molecule has 0 fully saturated rings. The van der Waals surface area contributed by atoms with Crippen LogP contribution in [0.15, 0.2) is 40.9 Å². The van der Waals surface area contributed by atoms with Gasteiger partial charge in [-0.2, -0.15) is 18.2 Å². The molecule has 6 nitrogen and oxygen atoms in total. The number of hydrogen-bond donors (Lipinski definition) is 0. The fraction of sp³-hybridized carbons (Fsp3) is 0.333. The number of benzene rings is 2. The van der Waals surface area contributed by atoms with Gasteiger partial charge in [0.15, 0.2) is 11.5 Å². The lowest BCUT2D eigenvalue weighted by Crippen LogP contribution is -2.30. The van der Waals surface area contributed by atoms with Gasteiger partial charge < -0.3 is 14.0 Å². The molecule has 2 aromatic carbocycles. The van der Waals surface area contributed by atoms with Gasteiger partial charge in [-0.25, -0.2) is 0 Å². The maximum absolute atomic E-state index is 12.9. The molecule has 0 amide bonds. The van der Waals surface area contributed by atoms with Crippen molar-refractivity contribution in [2.45, 2.75) is 25.7 Å². The minimum Gasteiger partial charge on any atom is -0.493 e. The lowest BCUT2D eigenvalue weighted by atomic mass is 9.99. The summed E-state index contributed by atoms with van der Waals surface area (Å²) in [6.45, 7) is 1.85. The number of fused-ring (bicyclic) bond motifs is 1. The Morgan fingerprint density at radius 1 is 1.07 bits per heavy atom. The van der Waals surface area contributed by atoms with Gasteiger partial charge in [0.2, 0.25) is 11.7 Å². The Labute approximate surface area is 171 Å². The Balaban J connectivity index is 1.49. The molecule has 0 aliphatic carbocycles. The number of aromatic nitrogens is 2. The molecule has 0 N–H and O–H groups in total. The van der Waals surface area contributed by atoms with E-state index in [0.29, 0.717) is 30.5 Å². The molecule has 0 radical (unpaired) electrons. The fourth-order valence-electron chi connectivity index (χ4n) is 3.54. The Kier molecular flexibility index (Phi) is 5.38. The number of methoxy groups -OCH3 is 2. The monoisotopic (exact) mass is 419 g/mol. The van der Waals surface area contributed by atoms with Crippen molar-refractivity contribution in [2.75, 3.05) is 20.8 Å². The van der Waals surface area contributed by atoms with E-state index in [1.165, 1.54) is 17.7 Å². The van der Waals surface area contributed by atoms with Crippen molar-refractivity contribution >= 4 is 0 Å². The van der Waals surface area contributed by atoms with E-state index in [9.17, 15) is 13.2 Å². The van der Waals surface area contributed by atoms with Crippen molar-refractivity contribution < 1.29 is 27.2 Å². The van der Waals surface area contributed by atoms with Gasteiger partial charge in [0.25, 0.3) is 0 Å². The van der Waals surface area contributed by atoms with Crippen LogP contribution >= 0.6 is 0 Å². The molecule has 2 heterocycles. The molecule has 1 aliphatic rings. The van der Waals surface area contributed by atoms with Crippen LogP contribution in [0.3, 0.4) is 0 Å². The third-order valence-electron chi connectivity index (χ3n) is 5.07. The number of nitrogens with zero attached hydrogens (tertiary/aromatic N) is 3. The van der Waals surface area contributed by atoms with Gasteiger partial charge in [-0.1, -0.05) is 17.3 Å². The molecule has 1 aliphatic heterocycles. The van der Waals surface area contributed by atoms with Gasteiger partial charge in [0, 0.05) is 18.7 Å². The first-order chi connectivity index (χ1) is 14.4. The number of halogens is 3. The van der Waals surface area contributed by atoms with E-state index >= 15 is 0 Å². The Bertz CT molecular complexity index is 1050. The number of hydrogen-bond acceptors (Lipinski definition) is 6. The zero-order valence-corrected chi connectivity index (χ0v) is 16.5. The number of rotatable bonds is 5. The average Bonchev–Trinajstić information content (AvgIpc) is 3.20. The van der Waals surface area contributed by atoms with Gasteiger partial charge >= 0.3 is 6.18 Å². The average molecular weight is 419 g/mol. The smallest absolute Gasteiger partial charge is 0.416 e. The van der Waals surface area contributed by atoms with E-state index in [4.69, 9.17) is 14.0 Å². The fourth-order valence-corrected chi connectivity index (χ4v) is 3.54. The molecule has 30 heavy (non-hydrogen) atoms. The molecule has 0 saturated heterocycles. The number of ether oxygens (including phenoxy) is 2. The van der Waals surface area contributed by atoms with E-state index in [1.807, 2.05) is 12.1 Å². The Morgan fingerprint density at radius 3 is 2.50 bits per heavy atom. The first-order valence-electron chi connectivity index (χ1n) is 9.33. The van der Waals surface area contributed by atoms with Crippen LogP contribution in [0.1, 0.15) is 22.6 Å². The molecule has 1 aromatic heterocycles. The standard InChI is InChI=1S/C21H20F3N3O3/c1-28-17-9-13-6-7-27(11-15(13)10-18(17)29-2)12-19-25-20(26-30-19)14-4-3-5-16(8-14)21(22,23)24/h3-5,8-10H,6-7,11-12H2,1-2H3. The summed E-state index contributed by atoms with van der Waals surface area (Å²) in [7, 11) is 3.20.